The molecule has 0 aliphatic carbocycles. The molecule has 0 spiro atoms. The summed E-state index contributed by atoms with van der Waals surface area (Å²) in [6.07, 6.45) is -3.96. The molecule has 0 saturated carbocycles. The van der Waals surface area contributed by atoms with E-state index in [9.17, 15) is 22.8 Å². The zero-order valence-corrected chi connectivity index (χ0v) is 13.4. The minimum absolute atomic E-state index is 0.0946. The number of carbonyl (C=O) groups is 2. The molecule has 0 radical (unpaired) electrons. The first kappa shape index (κ1) is 18.0. The van der Waals surface area contributed by atoms with Crippen molar-refractivity contribution >= 4 is 11.9 Å². The Hall–Kier alpha value is -2.32. The van der Waals surface area contributed by atoms with Gasteiger partial charge < -0.3 is 14.4 Å². The summed E-state index contributed by atoms with van der Waals surface area (Å²) in [5, 5.41) is 0. The molecule has 2 rings (SSSR count). The van der Waals surface area contributed by atoms with Gasteiger partial charge in [-0.15, -0.1) is 0 Å². The highest BCUT2D eigenvalue weighted by atomic mass is 19.4. The van der Waals surface area contributed by atoms with Crippen LogP contribution >= 0.6 is 0 Å². The fourth-order valence-corrected chi connectivity index (χ4v) is 2.32. The van der Waals surface area contributed by atoms with Crippen LogP contribution in [0.5, 0.6) is 5.88 Å². The number of esters is 1. The van der Waals surface area contributed by atoms with E-state index in [0.717, 1.165) is 6.07 Å². The number of aromatic nitrogens is 1. The van der Waals surface area contributed by atoms with E-state index in [2.05, 4.69) is 4.98 Å². The molecule has 0 aromatic carbocycles. The predicted octanol–water partition coefficient (Wildman–Crippen LogP) is 2.03. The van der Waals surface area contributed by atoms with Crippen molar-refractivity contribution in [2.24, 2.45) is 0 Å². The molecule has 24 heavy (non-hydrogen) atoms. The van der Waals surface area contributed by atoms with Crippen LogP contribution in [-0.2, 0) is 20.5 Å². The smallest absolute Gasteiger partial charge is 0.421 e. The van der Waals surface area contributed by atoms with Crippen molar-refractivity contribution in [3.05, 3.63) is 23.9 Å². The average Bonchev–Trinajstić information content (AvgIpc) is 2.39. The van der Waals surface area contributed by atoms with Gasteiger partial charge in [-0.1, -0.05) is 0 Å². The number of nitrogens with zero attached hydrogens (tertiary/aromatic N) is 2. The van der Waals surface area contributed by atoms with Crippen molar-refractivity contribution in [2.45, 2.75) is 38.7 Å². The number of pyridine rings is 1. The van der Waals surface area contributed by atoms with Crippen LogP contribution in [-0.4, -0.2) is 46.6 Å². The Kier molecular flexibility index (Phi) is 4.73. The molecule has 6 nitrogen and oxygen atoms in total. The SMILES string of the molecule is CC(=O)OC(C)(C)C(=O)N1CC(Oc2ncccc2C(F)(F)F)C1. The van der Waals surface area contributed by atoms with Crippen molar-refractivity contribution in [2.75, 3.05) is 13.1 Å². The van der Waals surface area contributed by atoms with Gasteiger partial charge in [-0.05, 0) is 26.0 Å². The van der Waals surface area contributed by atoms with Gasteiger partial charge in [0.2, 0.25) is 5.88 Å². The van der Waals surface area contributed by atoms with Gasteiger partial charge in [-0.25, -0.2) is 4.98 Å². The van der Waals surface area contributed by atoms with Crippen molar-refractivity contribution in [1.29, 1.82) is 0 Å². The summed E-state index contributed by atoms with van der Waals surface area (Å²) in [5.41, 5.74) is -2.30. The van der Waals surface area contributed by atoms with E-state index in [4.69, 9.17) is 9.47 Å². The number of amides is 1. The summed E-state index contributed by atoms with van der Waals surface area (Å²) in [6, 6.07) is 2.06. The first-order valence-electron chi connectivity index (χ1n) is 7.18. The van der Waals surface area contributed by atoms with E-state index in [0.29, 0.717) is 0 Å². The van der Waals surface area contributed by atoms with E-state index in [-0.39, 0.29) is 13.1 Å². The van der Waals surface area contributed by atoms with Gasteiger partial charge in [-0.3, -0.25) is 9.59 Å². The number of hydrogen-bond acceptors (Lipinski definition) is 5. The van der Waals surface area contributed by atoms with E-state index in [1.165, 1.54) is 37.9 Å². The van der Waals surface area contributed by atoms with E-state index >= 15 is 0 Å². The summed E-state index contributed by atoms with van der Waals surface area (Å²) in [6.45, 7) is 4.28. The standard InChI is InChI=1S/C15H17F3N2O4/c1-9(21)24-14(2,3)13(22)20-7-10(8-20)23-12-11(15(16,17)18)5-4-6-19-12/h4-6,10H,7-8H2,1-3H3. The fourth-order valence-electron chi connectivity index (χ4n) is 2.32. The van der Waals surface area contributed by atoms with Gasteiger partial charge in [0.25, 0.3) is 5.91 Å². The lowest BCUT2D eigenvalue weighted by Gasteiger charge is -2.42. The third kappa shape index (κ3) is 3.95. The predicted molar refractivity (Wildman–Crippen MR) is 76.1 cm³/mol. The molecule has 2 heterocycles. The van der Waals surface area contributed by atoms with Gasteiger partial charge >= 0.3 is 12.1 Å². The van der Waals surface area contributed by atoms with Crippen LogP contribution in [0.25, 0.3) is 0 Å². The second kappa shape index (κ2) is 6.29. The Labute approximate surface area is 136 Å². The molecule has 0 atom stereocenters. The molecule has 1 saturated heterocycles. The molecule has 0 bridgehead atoms. The van der Waals surface area contributed by atoms with Crippen LogP contribution in [0.4, 0.5) is 13.2 Å². The highest BCUT2D eigenvalue weighted by Crippen LogP contribution is 2.35. The second-order valence-corrected chi connectivity index (χ2v) is 5.91. The van der Waals surface area contributed by atoms with Crippen LogP contribution < -0.4 is 4.74 Å². The minimum Gasteiger partial charge on any atom is -0.470 e. The van der Waals surface area contributed by atoms with Gasteiger partial charge in [0.15, 0.2) is 5.60 Å². The Bertz CT molecular complexity index is 640. The van der Waals surface area contributed by atoms with E-state index in [1.807, 2.05) is 0 Å². The number of halogens is 3. The molecule has 0 unspecified atom stereocenters. The van der Waals surface area contributed by atoms with Gasteiger partial charge in [-0.2, -0.15) is 13.2 Å². The highest BCUT2D eigenvalue weighted by molar-refractivity contribution is 5.87. The molecular weight excluding hydrogens is 329 g/mol. The molecule has 0 N–H and O–H groups in total. The quantitative estimate of drug-likeness (QED) is 0.781. The summed E-state index contributed by atoms with van der Waals surface area (Å²) >= 11 is 0. The first-order chi connectivity index (χ1) is 11.0. The Balaban J connectivity index is 1.97. The lowest BCUT2D eigenvalue weighted by molar-refractivity contribution is -0.173. The van der Waals surface area contributed by atoms with Crippen molar-refractivity contribution < 1.29 is 32.2 Å². The number of ether oxygens (including phenoxy) is 2. The van der Waals surface area contributed by atoms with E-state index < -0.39 is 41.2 Å². The number of alkyl halides is 3. The van der Waals surface area contributed by atoms with Crippen molar-refractivity contribution in [1.82, 2.24) is 9.88 Å². The zero-order valence-electron chi connectivity index (χ0n) is 13.4. The lowest BCUT2D eigenvalue weighted by Crippen LogP contribution is -2.61. The summed E-state index contributed by atoms with van der Waals surface area (Å²) in [7, 11) is 0. The van der Waals surface area contributed by atoms with Crippen LogP contribution in [0.3, 0.4) is 0 Å². The average molecular weight is 346 g/mol. The van der Waals surface area contributed by atoms with Crippen LogP contribution in [0, 0.1) is 0 Å². The van der Waals surface area contributed by atoms with Crippen LogP contribution in [0.1, 0.15) is 26.3 Å². The fraction of sp³-hybridized carbons (Fsp3) is 0.533. The zero-order chi connectivity index (χ0) is 18.1. The molecule has 1 aliphatic heterocycles. The van der Waals surface area contributed by atoms with Crippen LogP contribution in [0.2, 0.25) is 0 Å². The highest BCUT2D eigenvalue weighted by Gasteiger charge is 2.43. The summed E-state index contributed by atoms with van der Waals surface area (Å²) in [5.74, 6) is -1.54. The minimum atomic E-state index is -4.57. The number of rotatable bonds is 4. The normalized spacial score (nSPS) is 15.7. The Morgan fingerprint density at radius 3 is 2.46 bits per heavy atom. The van der Waals surface area contributed by atoms with Crippen molar-refractivity contribution in [3.63, 3.8) is 0 Å². The molecule has 1 aromatic rings. The first-order valence-corrected chi connectivity index (χ1v) is 7.18. The second-order valence-electron chi connectivity index (χ2n) is 5.91. The number of carbonyl (C=O) groups excluding carboxylic acids is 2. The Morgan fingerprint density at radius 1 is 1.29 bits per heavy atom. The largest absolute Gasteiger partial charge is 0.470 e. The number of hydrogen-bond donors (Lipinski definition) is 0. The van der Waals surface area contributed by atoms with E-state index in [1.54, 1.807) is 0 Å². The van der Waals surface area contributed by atoms with Crippen molar-refractivity contribution in [3.8, 4) is 5.88 Å². The molecule has 1 aromatic heterocycles. The third-order valence-corrected chi connectivity index (χ3v) is 3.40. The van der Waals surface area contributed by atoms with Gasteiger partial charge in [0.05, 0.1) is 13.1 Å². The monoisotopic (exact) mass is 346 g/mol. The molecule has 132 valence electrons. The topological polar surface area (TPSA) is 68.7 Å². The maximum Gasteiger partial charge on any atom is 0.421 e. The number of likely N-dealkylation sites (tertiary alicyclic amines) is 1. The summed E-state index contributed by atoms with van der Waals surface area (Å²) in [4.78, 5) is 28.2. The van der Waals surface area contributed by atoms with Gasteiger partial charge in [0.1, 0.15) is 11.7 Å². The molecule has 9 heteroatoms. The molecule has 1 aliphatic rings. The maximum absolute atomic E-state index is 12.9. The summed E-state index contributed by atoms with van der Waals surface area (Å²) < 4.78 is 48.8. The molecular formula is C15H17F3N2O4. The third-order valence-electron chi connectivity index (χ3n) is 3.40. The molecule has 1 amide bonds. The molecule has 1 fully saturated rings. The van der Waals surface area contributed by atoms with Crippen LogP contribution in [0.15, 0.2) is 18.3 Å². The Morgan fingerprint density at radius 2 is 1.92 bits per heavy atom. The maximum atomic E-state index is 12.9. The lowest BCUT2D eigenvalue weighted by atomic mass is 10.0. The van der Waals surface area contributed by atoms with Gasteiger partial charge in [0, 0.05) is 13.1 Å².